The van der Waals surface area contributed by atoms with E-state index in [1.165, 1.54) is 10.9 Å². The first-order chi connectivity index (χ1) is 9.04. The molecular formula is C14H18N4O. The maximum Gasteiger partial charge on any atom is 0.263 e. The Bertz CT molecular complexity index is 603. The molecule has 1 heterocycles. The van der Waals surface area contributed by atoms with Crippen LogP contribution in [-0.4, -0.2) is 22.2 Å². The highest BCUT2D eigenvalue weighted by Gasteiger charge is 2.20. The summed E-state index contributed by atoms with van der Waals surface area (Å²) in [7, 11) is 1.72. The number of nitrogens with two attached hydrogens (primary N) is 1. The number of nitrogen functional groups attached to an aromatic ring is 1. The predicted octanol–water partition coefficient (Wildman–Crippen LogP) is 1.98. The van der Waals surface area contributed by atoms with Gasteiger partial charge < -0.3 is 10.6 Å². The highest BCUT2D eigenvalue weighted by Crippen LogP contribution is 2.20. The van der Waals surface area contributed by atoms with E-state index in [1.807, 2.05) is 38.1 Å². The van der Waals surface area contributed by atoms with Crippen molar-refractivity contribution in [3.8, 4) is 0 Å². The normalized spacial score (nSPS) is 10.5. The van der Waals surface area contributed by atoms with Gasteiger partial charge in [-0.3, -0.25) is 9.48 Å². The van der Waals surface area contributed by atoms with Gasteiger partial charge in [0.25, 0.3) is 5.91 Å². The van der Waals surface area contributed by atoms with Gasteiger partial charge >= 0.3 is 0 Å². The summed E-state index contributed by atoms with van der Waals surface area (Å²) >= 11 is 0. The Hall–Kier alpha value is -2.30. The first kappa shape index (κ1) is 13.1. The van der Waals surface area contributed by atoms with Gasteiger partial charge in [0.2, 0.25) is 0 Å². The van der Waals surface area contributed by atoms with Crippen LogP contribution < -0.4 is 10.6 Å². The minimum absolute atomic E-state index is 0.126. The second kappa shape index (κ2) is 5.14. The van der Waals surface area contributed by atoms with Crippen molar-refractivity contribution < 1.29 is 4.79 Å². The number of carbonyl (C=O) groups is 1. The van der Waals surface area contributed by atoms with Crippen molar-refractivity contribution in [2.24, 2.45) is 7.05 Å². The second-order valence-electron chi connectivity index (χ2n) is 4.46. The molecule has 0 radical (unpaired) electrons. The first-order valence-corrected chi connectivity index (χ1v) is 6.20. The molecule has 0 fully saturated rings. The molecule has 0 aliphatic rings. The van der Waals surface area contributed by atoms with Gasteiger partial charge in [0, 0.05) is 19.3 Å². The molecule has 5 nitrogen and oxygen atoms in total. The summed E-state index contributed by atoms with van der Waals surface area (Å²) in [4.78, 5) is 14.2. The lowest BCUT2D eigenvalue weighted by atomic mass is 10.2. The van der Waals surface area contributed by atoms with E-state index in [1.54, 1.807) is 11.9 Å². The Morgan fingerprint density at radius 3 is 2.74 bits per heavy atom. The standard InChI is InChI=1S/C14H18N4O/c1-4-18(11-7-5-6-10(2)8-11)14(19)12-9-16-17(3)13(12)15/h5-9H,4,15H2,1-3H3. The fraction of sp³-hybridized carbons (Fsp3) is 0.286. The van der Waals surface area contributed by atoms with Gasteiger partial charge in [0.1, 0.15) is 11.4 Å². The van der Waals surface area contributed by atoms with Crippen LogP contribution in [0.1, 0.15) is 22.8 Å². The minimum atomic E-state index is -0.126. The number of aromatic nitrogens is 2. The Morgan fingerprint density at radius 2 is 2.21 bits per heavy atom. The zero-order valence-electron chi connectivity index (χ0n) is 11.4. The maximum atomic E-state index is 12.5. The van der Waals surface area contributed by atoms with E-state index in [4.69, 9.17) is 5.73 Å². The molecule has 1 aromatic carbocycles. The van der Waals surface area contributed by atoms with Crippen molar-refractivity contribution in [1.29, 1.82) is 0 Å². The van der Waals surface area contributed by atoms with E-state index < -0.39 is 0 Å². The van der Waals surface area contributed by atoms with Gasteiger partial charge in [0.05, 0.1) is 6.20 Å². The number of amides is 1. The van der Waals surface area contributed by atoms with E-state index in [0.717, 1.165) is 11.3 Å². The number of hydrogen-bond donors (Lipinski definition) is 1. The highest BCUT2D eigenvalue weighted by molar-refractivity contribution is 6.08. The van der Waals surface area contributed by atoms with Crippen LogP contribution in [0.3, 0.4) is 0 Å². The summed E-state index contributed by atoms with van der Waals surface area (Å²) in [5.74, 6) is 0.259. The van der Waals surface area contributed by atoms with Crippen LogP contribution in [0.25, 0.3) is 0 Å². The zero-order valence-corrected chi connectivity index (χ0v) is 11.4. The molecule has 19 heavy (non-hydrogen) atoms. The number of benzene rings is 1. The quantitative estimate of drug-likeness (QED) is 0.915. The van der Waals surface area contributed by atoms with Crippen LogP contribution in [0.4, 0.5) is 11.5 Å². The summed E-state index contributed by atoms with van der Waals surface area (Å²) in [6, 6.07) is 7.84. The van der Waals surface area contributed by atoms with Crippen LogP contribution in [0, 0.1) is 6.92 Å². The van der Waals surface area contributed by atoms with Crippen LogP contribution in [-0.2, 0) is 7.05 Å². The van der Waals surface area contributed by atoms with Crippen LogP contribution in [0.15, 0.2) is 30.5 Å². The van der Waals surface area contributed by atoms with E-state index in [9.17, 15) is 4.79 Å². The average molecular weight is 258 g/mol. The Morgan fingerprint density at radius 1 is 1.47 bits per heavy atom. The number of nitrogens with zero attached hydrogens (tertiary/aromatic N) is 3. The lowest BCUT2D eigenvalue weighted by Gasteiger charge is -2.21. The molecule has 5 heteroatoms. The molecule has 0 aliphatic carbocycles. The molecule has 0 atom stereocenters. The van der Waals surface area contributed by atoms with E-state index in [-0.39, 0.29) is 5.91 Å². The molecule has 0 saturated heterocycles. The van der Waals surface area contributed by atoms with Crippen molar-refractivity contribution in [1.82, 2.24) is 9.78 Å². The fourth-order valence-electron chi connectivity index (χ4n) is 2.00. The smallest absolute Gasteiger partial charge is 0.263 e. The van der Waals surface area contributed by atoms with Gasteiger partial charge in [-0.25, -0.2) is 0 Å². The lowest BCUT2D eigenvalue weighted by molar-refractivity contribution is 0.0989. The number of rotatable bonds is 3. The summed E-state index contributed by atoms with van der Waals surface area (Å²) < 4.78 is 1.50. The number of anilines is 2. The van der Waals surface area contributed by atoms with Crippen LogP contribution in [0.2, 0.25) is 0 Å². The topological polar surface area (TPSA) is 64.2 Å². The molecule has 1 amide bonds. The number of aryl methyl sites for hydroxylation is 2. The van der Waals surface area contributed by atoms with E-state index in [0.29, 0.717) is 17.9 Å². The molecule has 2 rings (SSSR count). The second-order valence-corrected chi connectivity index (χ2v) is 4.46. The summed E-state index contributed by atoms with van der Waals surface area (Å²) in [5.41, 5.74) is 8.28. The average Bonchev–Trinajstić information content (AvgIpc) is 2.71. The molecule has 0 unspecified atom stereocenters. The molecule has 0 bridgehead atoms. The molecular weight excluding hydrogens is 240 g/mol. The predicted molar refractivity (Wildman–Crippen MR) is 76.1 cm³/mol. The third-order valence-corrected chi connectivity index (χ3v) is 3.09. The third kappa shape index (κ3) is 2.45. The first-order valence-electron chi connectivity index (χ1n) is 6.20. The lowest BCUT2D eigenvalue weighted by Crippen LogP contribution is -2.31. The maximum absolute atomic E-state index is 12.5. The highest BCUT2D eigenvalue weighted by atomic mass is 16.2. The van der Waals surface area contributed by atoms with Gasteiger partial charge in [-0.1, -0.05) is 12.1 Å². The van der Waals surface area contributed by atoms with Gasteiger partial charge in [-0.15, -0.1) is 0 Å². The van der Waals surface area contributed by atoms with Crippen molar-refractivity contribution in [2.75, 3.05) is 17.2 Å². The van der Waals surface area contributed by atoms with Crippen molar-refractivity contribution in [2.45, 2.75) is 13.8 Å². The molecule has 1 aromatic heterocycles. The molecule has 0 saturated carbocycles. The van der Waals surface area contributed by atoms with Crippen LogP contribution >= 0.6 is 0 Å². The van der Waals surface area contributed by atoms with Gasteiger partial charge in [-0.2, -0.15) is 5.10 Å². The Kier molecular flexibility index (Phi) is 3.55. The Labute approximate surface area is 112 Å². The van der Waals surface area contributed by atoms with Gasteiger partial charge in [0.15, 0.2) is 0 Å². The molecule has 2 aromatic rings. The SMILES string of the molecule is CCN(C(=O)c1cnn(C)c1N)c1cccc(C)c1. The molecule has 0 aliphatic heterocycles. The molecule has 100 valence electrons. The van der Waals surface area contributed by atoms with Crippen molar-refractivity contribution >= 4 is 17.4 Å². The molecule has 0 spiro atoms. The largest absolute Gasteiger partial charge is 0.383 e. The monoisotopic (exact) mass is 258 g/mol. The summed E-state index contributed by atoms with van der Waals surface area (Å²) in [6.45, 7) is 4.52. The van der Waals surface area contributed by atoms with E-state index >= 15 is 0 Å². The van der Waals surface area contributed by atoms with Crippen molar-refractivity contribution in [3.63, 3.8) is 0 Å². The van der Waals surface area contributed by atoms with Crippen LogP contribution in [0.5, 0.6) is 0 Å². The zero-order chi connectivity index (χ0) is 14.0. The van der Waals surface area contributed by atoms with Crippen molar-refractivity contribution in [3.05, 3.63) is 41.6 Å². The third-order valence-electron chi connectivity index (χ3n) is 3.09. The molecule has 2 N–H and O–H groups in total. The minimum Gasteiger partial charge on any atom is -0.383 e. The summed E-state index contributed by atoms with van der Waals surface area (Å²) in [5, 5.41) is 4.01. The summed E-state index contributed by atoms with van der Waals surface area (Å²) in [6.07, 6.45) is 1.51. The fourth-order valence-corrected chi connectivity index (χ4v) is 2.00. The Balaban J connectivity index is 2.37. The number of hydrogen-bond acceptors (Lipinski definition) is 3. The number of carbonyl (C=O) groups excluding carboxylic acids is 1. The van der Waals surface area contributed by atoms with E-state index in [2.05, 4.69) is 5.10 Å². The van der Waals surface area contributed by atoms with Gasteiger partial charge in [-0.05, 0) is 31.5 Å².